The molecule has 0 saturated heterocycles. The lowest BCUT2D eigenvalue weighted by Crippen LogP contribution is -2.08. The van der Waals surface area contributed by atoms with Crippen LogP contribution in [0.5, 0.6) is 0 Å². The second kappa shape index (κ2) is 5.77. The number of hydrogen-bond acceptors (Lipinski definition) is 5. The first-order valence-electron chi connectivity index (χ1n) is 7.83. The van der Waals surface area contributed by atoms with Gasteiger partial charge in [0.05, 0.1) is 17.2 Å². The van der Waals surface area contributed by atoms with Crippen LogP contribution in [0.15, 0.2) is 47.5 Å². The minimum Gasteiger partial charge on any atom is -0.372 e. The molecule has 0 aliphatic heterocycles. The van der Waals surface area contributed by atoms with Crippen molar-refractivity contribution < 1.29 is 12.8 Å². The molecule has 0 radical (unpaired) electrons. The van der Waals surface area contributed by atoms with Gasteiger partial charge in [-0.15, -0.1) is 0 Å². The summed E-state index contributed by atoms with van der Waals surface area (Å²) in [5.41, 5.74) is 2.49. The van der Waals surface area contributed by atoms with Gasteiger partial charge in [0, 0.05) is 29.6 Å². The summed E-state index contributed by atoms with van der Waals surface area (Å²) >= 11 is 0. The normalized spacial score (nSPS) is 12.0. The second-order valence-electron chi connectivity index (χ2n) is 6.02. The van der Waals surface area contributed by atoms with E-state index in [0.717, 1.165) is 17.2 Å². The number of halogens is 1. The van der Waals surface area contributed by atoms with Crippen LogP contribution in [0.3, 0.4) is 0 Å². The third kappa shape index (κ3) is 2.59. The molecule has 6 nitrogen and oxygen atoms in total. The van der Waals surface area contributed by atoms with E-state index >= 15 is 0 Å². The fraction of sp³-hybridized carbons (Fsp3) is 0.111. The monoisotopic (exact) mass is 370 g/mol. The molecule has 0 aliphatic carbocycles. The van der Waals surface area contributed by atoms with E-state index in [1.54, 1.807) is 25.4 Å². The summed E-state index contributed by atoms with van der Waals surface area (Å²) in [4.78, 5) is 4.57. The third-order valence-corrected chi connectivity index (χ3v) is 5.38. The fourth-order valence-electron chi connectivity index (χ4n) is 3.12. The average Bonchev–Trinajstić information content (AvgIpc) is 3.05. The zero-order valence-corrected chi connectivity index (χ0v) is 14.9. The molecule has 2 aromatic heterocycles. The summed E-state index contributed by atoms with van der Waals surface area (Å²) in [6.07, 6.45) is 2.80. The van der Waals surface area contributed by atoms with E-state index in [2.05, 4.69) is 20.5 Å². The molecule has 4 rings (SSSR count). The standard InChI is InChI=1S/C18H15FN4O2S/c1-20-18-17(26(2,24)25)16(10-3-5-12(19)6-4-10)13-7-11-9-21-23-14(11)8-15(13)22-18/h3-9H,1-2H3,(H,20,22)(H,21,23). The first-order chi connectivity index (χ1) is 12.4. The fourth-order valence-corrected chi connectivity index (χ4v) is 4.22. The lowest BCUT2D eigenvalue weighted by molar-refractivity contribution is 0.602. The molecule has 0 spiro atoms. The molecule has 132 valence electrons. The highest BCUT2D eigenvalue weighted by molar-refractivity contribution is 7.91. The Kier molecular flexibility index (Phi) is 3.66. The number of aromatic nitrogens is 3. The van der Waals surface area contributed by atoms with Gasteiger partial charge in [0.15, 0.2) is 9.84 Å². The maximum absolute atomic E-state index is 13.4. The Labute approximate surface area is 149 Å². The molecule has 0 unspecified atom stereocenters. The van der Waals surface area contributed by atoms with Crippen molar-refractivity contribution in [3.63, 3.8) is 0 Å². The summed E-state index contributed by atoms with van der Waals surface area (Å²) in [5, 5.41) is 11.3. The van der Waals surface area contributed by atoms with Crippen molar-refractivity contribution in [3.05, 3.63) is 48.4 Å². The Morgan fingerprint density at radius 3 is 2.54 bits per heavy atom. The van der Waals surface area contributed by atoms with Gasteiger partial charge in [-0.2, -0.15) is 5.10 Å². The van der Waals surface area contributed by atoms with Gasteiger partial charge in [0.1, 0.15) is 16.5 Å². The van der Waals surface area contributed by atoms with Crippen LogP contribution in [0.2, 0.25) is 0 Å². The van der Waals surface area contributed by atoms with E-state index in [1.807, 2.05) is 12.1 Å². The second-order valence-corrected chi connectivity index (χ2v) is 7.97. The number of pyridine rings is 1. The molecule has 8 heteroatoms. The van der Waals surface area contributed by atoms with Crippen LogP contribution in [0.4, 0.5) is 10.2 Å². The van der Waals surface area contributed by atoms with Gasteiger partial charge in [0.2, 0.25) is 0 Å². The third-order valence-electron chi connectivity index (χ3n) is 4.24. The van der Waals surface area contributed by atoms with E-state index < -0.39 is 9.84 Å². The maximum atomic E-state index is 13.4. The number of sulfone groups is 1. The number of anilines is 1. The van der Waals surface area contributed by atoms with Crippen molar-refractivity contribution in [2.24, 2.45) is 0 Å². The zero-order chi connectivity index (χ0) is 18.5. The van der Waals surface area contributed by atoms with Crippen molar-refractivity contribution in [1.82, 2.24) is 15.2 Å². The van der Waals surface area contributed by atoms with Crippen molar-refractivity contribution in [2.75, 3.05) is 18.6 Å². The average molecular weight is 370 g/mol. The van der Waals surface area contributed by atoms with Crippen molar-refractivity contribution in [3.8, 4) is 11.1 Å². The molecular formula is C18H15FN4O2S. The zero-order valence-electron chi connectivity index (χ0n) is 14.0. The van der Waals surface area contributed by atoms with E-state index in [1.165, 1.54) is 12.1 Å². The Morgan fingerprint density at radius 1 is 1.15 bits per heavy atom. The molecule has 2 N–H and O–H groups in total. The predicted octanol–water partition coefficient (Wildman–Crippen LogP) is 3.36. The Balaban J connectivity index is 2.23. The van der Waals surface area contributed by atoms with Gasteiger partial charge < -0.3 is 5.32 Å². The maximum Gasteiger partial charge on any atom is 0.179 e. The van der Waals surface area contributed by atoms with Crippen molar-refractivity contribution in [1.29, 1.82) is 0 Å². The molecule has 2 heterocycles. The molecule has 0 aliphatic rings. The summed E-state index contributed by atoms with van der Waals surface area (Å²) in [7, 11) is -1.99. The van der Waals surface area contributed by atoms with Gasteiger partial charge >= 0.3 is 0 Å². The molecular weight excluding hydrogens is 355 g/mol. The highest BCUT2D eigenvalue weighted by atomic mass is 32.2. The number of nitrogens with zero attached hydrogens (tertiary/aromatic N) is 2. The van der Waals surface area contributed by atoms with Crippen LogP contribution >= 0.6 is 0 Å². The molecule has 0 atom stereocenters. The lowest BCUT2D eigenvalue weighted by Gasteiger charge is -2.16. The van der Waals surface area contributed by atoms with Crippen molar-refractivity contribution >= 4 is 37.5 Å². The molecule has 0 saturated carbocycles. The van der Waals surface area contributed by atoms with Crippen LogP contribution in [-0.4, -0.2) is 36.9 Å². The van der Waals surface area contributed by atoms with Gasteiger partial charge in [-0.05, 0) is 29.8 Å². The first kappa shape index (κ1) is 16.5. The van der Waals surface area contributed by atoms with Gasteiger partial charge in [-0.25, -0.2) is 17.8 Å². The van der Waals surface area contributed by atoms with Gasteiger partial charge in [-0.3, -0.25) is 5.10 Å². The smallest absolute Gasteiger partial charge is 0.179 e. The highest BCUT2D eigenvalue weighted by Crippen LogP contribution is 2.39. The molecule has 4 aromatic rings. The summed E-state index contributed by atoms with van der Waals surface area (Å²) in [6.45, 7) is 0. The predicted molar refractivity (Wildman–Crippen MR) is 99.4 cm³/mol. The van der Waals surface area contributed by atoms with Crippen molar-refractivity contribution in [2.45, 2.75) is 4.90 Å². The van der Waals surface area contributed by atoms with E-state index in [-0.39, 0.29) is 16.5 Å². The summed E-state index contributed by atoms with van der Waals surface area (Å²) in [5.74, 6) is -0.141. The summed E-state index contributed by atoms with van der Waals surface area (Å²) < 4.78 is 38.5. The van der Waals surface area contributed by atoms with E-state index in [4.69, 9.17) is 0 Å². The Hall–Kier alpha value is -3.00. The number of H-pyrrole nitrogens is 1. The van der Waals surface area contributed by atoms with Gasteiger partial charge in [-0.1, -0.05) is 12.1 Å². The number of fused-ring (bicyclic) bond motifs is 2. The van der Waals surface area contributed by atoms with Crippen LogP contribution in [0, 0.1) is 5.82 Å². The molecule has 2 aromatic carbocycles. The largest absolute Gasteiger partial charge is 0.372 e. The molecule has 0 bridgehead atoms. The van der Waals surface area contributed by atoms with E-state index in [0.29, 0.717) is 22.0 Å². The minimum absolute atomic E-state index is 0.0851. The number of aromatic amines is 1. The molecule has 0 fully saturated rings. The number of rotatable bonds is 3. The number of benzene rings is 2. The van der Waals surface area contributed by atoms with Crippen LogP contribution in [0.1, 0.15) is 0 Å². The number of hydrogen-bond donors (Lipinski definition) is 2. The number of nitrogens with one attached hydrogen (secondary N) is 2. The van der Waals surface area contributed by atoms with Crippen LogP contribution < -0.4 is 5.32 Å². The molecule has 26 heavy (non-hydrogen) atoms. The quantitative estimate of drug-likeness (QED) is 0.577. The Bertz CT molecular complexity index is 1250. The van der Waals surface area contributed by atoms with Crippen LogP contribution in [0.25, 0.3) is 32.9 Å². The van der Waals surface area contributed by atoms with Gasteiger partial charge in [0.25, 0.3) is 0 Å². The Morgan fingerprint density at radius 2 is 1.88 bits per heavy atom. The topological polar surface area (TPSA) is 87.7 Å². The SMILES string of the molecule is CNc1nc2cc3[nH]ncc3cc2c(-c2ccc(F)cc2)c1S(C)(=O)=O. The minimum atomic E-state index is -3.61. The van der Waals surface area contributed by atoms with E-state index in [9.17, 15) is 12.8 Å². The molecule has 0 amide bonds. The lowest BCUT2D eigenvalue weighted by atomic mass is 9.99. The highest BCUT2D eigenvalue weighted by Gasteiger charge is 2.24. The first-order valence-corrected chi connectivity index (χ1v) is 9.72. The van der Waals surface area contributed by atoms with Crippen LogP contribution in [-0.2, 0) is 9.84 Å². The summed E-state index contributed by atoms with van der Waals surface area (Å²) in [6, 6.07) is 9.41.